The molecular weight excluding hydrogens is 228 g/mol. The molecule has 0 aromatic carbocycles. The van der Waals surface area contributed by atoms with Gasteiger partial charge in [0.05, 0.1) is 12.1 Å². The number of likely N-dealkylation sites (tertiary alicyclic amines) is 1. The van der Waals surface area contributed by atoms with Crippen LogP contribution < -0.4 is 5.32 Å². The van der Waals surface area contributed by atoms with E-state index in [0.717, 1.165) is 31.8 Å². The van der Waals surface area contributed by atoms with Gasteiger partial charge in [-0.25, -0.2) is 0 Å². The van der Waals surface area contributed by atoms with Gasteiger partial charge in [-0.1, -0.05) is 6.92 Å². The highest BCUT2D eigenvalue weighted by molar-refractivity contribution is 5.85. The summed E-state index contributed by atoms with van der Waals surface area (Å²) in [6.07, 6.45) is 2.45. The monoisotopic (exact) mass is 248 g/mol. The van der Waals surface area contributed by atoms with Gasteiger partial charge in [0, 0.05) is 19.6 Å². The van der Waals surface area contributed by atoms with Gasteiger partial charge >= 0.3 is 0 Å². The zero-order valence-corrected chi connectivity index (χ0v) is 10.5. The second-order valence-corrected chi connectivity index (χ2v) is 4.86. The van der Waals surface area contributed by atoms with Gasteiger partial charge in [0.15, 0.2) is 0 Å². The Morgan fingerprint density at radius 3 is 2.50 bits per heavy atom. The van der Waals surface area contributed by atoms with Crippen LogP contribution in [-0.2, 0) is 4.79 Å². The van der Waals surface area contributed by atoms with E-state index in [0.29, 0.717) is 13.0 Å². The summed E-state index contributed by atoms with van der Waals surface area (Å²) in [6.45, 7) is 4.56. The Bertz CT molecular complexity index is 242. The van der Waals surface area contributed by atoms with Crippen LogP contribution in [0.4, 0.5) is 0 Å². The molecule has 2 N–H and O–H groups in total. The van der Waals surface area contributed by atoms with Gasteiger partial charge in [-0.2, -0.15) is 0 Å². The first-order chi connectivity index (χ1) is 7.16. The fourth-order valence-corrected chi connectivity index (χ4v) is 2.35. The molecule has 0 bridgehead atoms. The number of nitrogens with zero attached hydrogens (tertiary/aromatic N) is 1. The minimum Gasteiger partial charge on any atom is -0.392 e. The molecule has 2 aliphatic heterocycles. The molecule has 0 aromatic heterocycles. The van der Waals surface area contributed by atoms with E-state index in [9.17, 15) is 9.90 Å². The maximum absolute atomic E-state index is 12.0. The lowest BCUT2D eigenvalue weighted by Crippen LogP contribution is -2.46. The lowest BCUT2D eigenvalue weighted by molar-refractivity contribution is -0.134. The fourth-order valence-electron chi connectivity index (χ4n) is 2.35. The topological polar surface area (TPSA) is 52.6 Å². The second-order valence-electron chi connectivity index (χ2n) is 4.86. The van der Waals surface area contributed by atoms with Crippen LogP contribution in [0.3, 0.4) is 0 Å². The zero-order chi connectivity index (χ0) is 10.8. The van der Waals surface area contributed by atoms with Crippen LogP contribution in [0.15, 0.2) is 0 Å². The summed E-state index contributed by atoms with van der Waals surface area (Å²) in [5, 5.41) is 12.4. The number of piperidine rings is 1. The number of rotatable bonds is 1. The molecule has 0 aliphatic carbocycles. The van der Waals surface area contributed by atoms with Gasteiger partial charge in [-0.15, -0.1) is 12.4 Å². The van der Waals surface area contributed by atoms with Crippen LogP contribution in [0.1, 0.15) is 26.2 Å². The highest BCUT2D eigenvalue weighted by atomic mass is 35.5. The summed E-state index contributed by atoms with van der Waals surface area (Å²) in [5.41, 5.74) is 0. The van der Waals surface area contributed by atoms with Crippen LogP contribution in [0.25, 0.3) is 0 Å². The molecule has 2 aliphatic rings. The quantitative estimate of drug-likeness (QED) is 0.706. The van der Waals surface area contributed by atoms with Crippen molar-refractivity contribution in [3.05, 3.63) is 0 Å². The number of amides is 1. The van der Waals surface area contributed by atoms with Gasteiger partial charge in [0.25, 0.3) is 0 Å². The van der Waals surface area contributed by atoms with Gasteiger partial charge in [-0.05, 0) is 25.2 Å². The molecule has 94 valence electrons. The first-order valence-corrected chi connectivity index (χ1v) is 5.87. The number of aliphatic hydroxyl groups excluding tert-OH is 1. The number of carbonyl (C=O) groups excluding carboxylic acids is 1. The largest absolute Gasteiger partial charge is 0.392 e. The molecular formula is C11H21ClN2O2. The van der Waals surface area contributed by atoms with Crippen molar-refractivity contribution in [3.8, 4) is 0 Å². The van der Waals surface area contributed by atoms with E-state index in [1.165, 1.54) is 0 Å². The van der Waals surface area contributed by atoms with Crippen LogP contribution in [0.2, 0.25) is 0 Å². The molecule has 4 nitrogen and oxygen atoms in total. The molecule has 2 atom stereocenters. The molecule has 2 saturated heterocycles. The molecule has 2 unspecified atom stereocenters. The predicted octanol–water partition coefficient (Wildman–Crippen LogP) is 0.389. The van der Waals surface area contributed by atoms with Gasteiger partial charge < -0.3 is 15.3 Å². The van der Waals surface area contributed by atoms with E-state index >= 15 is 0 Å². The van der Waals surface area contributed by atoms with Crippen LogP contribution >= 0.6 is 12.4 Å². The molecule has 1 amide bonds. The average Bonchev–Trinajstić information content (AvgIpc) is 2.65. The van der Waals surface area contributed by atoms with Crippen molar-refractivity contribution < 1.29 is 9.90 Å². The minimum atomic E-state index is -0.345. The maximum atomic E-state index is 12.0. The summed E-state index contributed by atoms with van der Waals surface area (Å²) >= 11 is 0. The first kappa shape index (κ1) is 13.7. The van der Waals surface area contributed by atoms with Crippen molar-refractivity contribution in [1.29, 1.82) is 0 Å². The van der Waals surface area contributed by atoms with Crippen molar-refractivity contribution >= 4 is 18.3 Å². The highest BCUT2D eigenvalue weighted by Gasteiger charge is 2.32. The van der Waals surface area contributed by atoms with E-state index in [-0.39, 0.29) is 30.5 Å². The molecule has 5 heteroatoms. The molecule has 0 spiro atoms. The standard InChI is InChI=1S/C11H20N2O2.ClH/c1-8-2-4-13(5-3-8)11(15)10-6-9(14)7-12-10;/h8-10,12,14H,2-7H2,1H3;1H. The number of carbonyl (C=O) groups is 1. The Kier molecular flexibility index (Phi) is 5.02. The van der Waals surface area contributed by atoms with E-state index in [2.05, 4.69) is 12.2 Å². The summed E-state index contributed by atoms with van der Waals surface area (Å²) in [4.78, 5) is 13.9. The highest BCUT2D eigenvalue weighted by Crippen LogP contribution is 2.18. The molecule has 0 saturated carbocycles. The number of hydrogen-bond acceptors (Lipinski definition) is 3. The molecule has 2 fully saturated rings. The SMILES string of the molecule is CC1CCN(C(=O)C2CC(O)CN2)CC1.Cl. The van der Waals surface area contributed by atoms with Crippen LogP contribution in [-0.4, -0.2) is 47.7 Å². The zero-order valence-electron chi connectivity index (χ0n) is 9.69. The number of β-amino-alcohol motifs (C(OH)–C–C–N with tert-alkyl or cyclic N) is 1. The van der Waals surface area contributed by atoms with Gasteiger partial charge in [0.2, 0.25) is 5.91 Å². The minimum absolute atomic E-state index is 0. The number of nitrogens with one attached hydrogen (secondary N) is 1. The summed E-state index contributed by atoms with van der Waals surface area (Å²) < 4.78 is 0. The van der Waals surface area contributed by atoms with Crippen molar-refractivity contribution in [1.82, 2.24) is 10.2 Å². The Morgan fingerprint density at radius 2 is 2.00 bits per heavy atom. The smallest absolute Gasteiger partial charge is 0.239 e. The fraction of sp³-hybridized carbons (Fsp3) is 0.909. The Morgan fingerprint density at radius 1 is 1.38 bits per heavy atom. The average molecular weight is 249 g/mol. The van der Waals surface area contributed by atoms with Crippen LogP contribution in [0, 0.1) is 5.92 Å². The van der Waals surface area contributed by atoms with E-state index in [1.807, 2.05) is 4.90 Å². The van der Waals surface area contributed by atoms with Crippen molar-refractivity contribution in [3.63, 3.8) is 0 Å². The van der Waals surface area contributed by atoms with E-state index < -0.39 is 0 Å². The number of halogens is 1. The third-order valence-corrected chi connectivity index (χ3v) is 3.50. The maximum Gasteiger partial charge on any atom is 0.239 e. The summed E-state index contributed by atoms with van der Waals surface area (Å²) in [6, 6.07) is -0.145. The Balaban J connectivity index is 0.00000128. The van der Waals surface area contributed by atoms with E-state index in [1.54, 1.807) is 0 Å². The van der Waals surface area contributed by atoms with Crippen molar-refractivity contribution in [2.75, 3.05) is 19.6 Å². The Labute approximate surface area is 103 Å². The summed E-state index contributed by atoms with van der Waals surface area (Å²) in [5.74, 6) is 0.926. The first-order valence-electron chi connectivity index (χ1n) is 5.87. The van der Waals surface area contributed by atoms with Crippen molar-refractivity contribution in [2.45, 2.75) is 38.3 Å². The molecule has 16 heavy (non-hydrogen) atoms. The van der Waals surface area contributed by atoms with Crippen molar-refractivity contribution in [2.24, 2.45) is 5.92 Å². The summed E-state index contributed by atoms with van der Waals surface area (Å²) in [7, 11) is 0. The molecule has 2 rings (SSSR count). The predicted molar refractivity (Wildman–Crippen MR) is 64.6 cm³/mol. The van der Waals surface area contributed by atoms with Gasteiger partial charge in [0.1, 0.15) is 0 Å². The van der Waals surface area contributed by atoms with E-state index in [4.69, 9.17) is 0 Å². The Hall–Kier alpha value is -0.320. The second kappa shape index (κ2) is 5.84. The molecule has 2 heterocycles. The lowest BCUT2D eigenvalue weighted by Gasteiger charge is -2.32. The molecule has 0 radical (unpaired) electrons. The molecule has 0 aromatic rings. The number of aliphatic hydroxyl groups is 1. The third-order valence-electron chi connectivity index (χ3n) is 3.50. The number of hydrogen-bond donors (Lipinski definition) is 2. The van der Waals surface area contributed by atoms with Crippen LogP contribution in [0.5, 0.6) is 0 Å². The third kappa shape index (κ3) is 3.09. The normalized spacial score (nSPS) is 31.2. The lowest BCUT2D eigenvalue weighted by atomic mass is 9.98. The van der Waals surface area contributed by atoms with Gasteiger partial charge in [-0.3, -0.25) is 4.79 Å².